The van der Waals surface area contributed by atoms with Gasteiger partial charge < -0.3 is 16.4 Å². The van der Waals surface area contributed by atoms with Crippen LogP contribution >= 0.6 is 11.3 Å². The largest absolute Gasteiger partial charge is 0.331 e. The van der Waals surface area contributed by atoms with Gasteiger partial charge in [-0.25, -0.2) is 4.79 Å². The van der Waals surface area contributed by atoms with Gasteiger partial charge in [0, 0.05) is 11.7 Å². The summed E-state index contributed by atoms with van der Waals surface area (Å²) in [5.74, 6) is 0. The fraction of sp³-hybridized carbons (Fsp3) is 0.267. The van der Waals surface area contributed by atoms with E-state index in [9.17, 15) is 4.79 Å². The molecule has 1 heterocycles. The van der Waals surface area contributed by atoms with Gasteiger partial charge in [-0.3, -0.25) is 0 Å². The van der Waals surface area contributed by atoms with Crippen molar-refractivity contribution in [1.82, 2.24) is 5.32 Å². The molecule has 0 saturated carbocycles. The number of urea groups is 1. The van der Waals surface area contributed by atoms with Crippen LogP contribution in [0.4, 0.5) is 10.5 Å². The standard InChI is InChI=1S/C15H19N3OS/c1-10(16)12-4-3-5-14(8-12)18-15(19)17-11(2)13-6-7-20-9-13/h3-11H,16H2,1-2H3,(H2,17,18,19). The Morgan fingerprint density at radius 3 is 2.70 bits per heavy atom. The fourth-order valence-electron chi connectivity index (χ4n) is 1.87. The van der Waals surface area contributed by atoms with Gasteiger partial charge in [0.15, 0.2) is 0 Å². The first-order valence-corrected chi connectivity index (χ1v) is 7.45. The third-order valence-corrected chi connectivity index (χ3v) is 3.76. The van der Waals surface area contributed by atoms with Crippen LogP contribution in [0.2, 0.25) is 0 Å². The van der Waals surface area contributed by atoms with E-state index < -0.39 is 0 Å². The number of anilines is 1. The smallest absolute Gasteiger partial charge is 0.319 e. The van der Waals surface area contributed by atoms with Crippen LogP contribution < -0.4 is 16.4 Å². The summed E-state index contributed by atoms with van der Waals surface area (Å²) in [5.41, 5.74) is 8.68. The van der Waals surface area contributed by atoms with E-state index in [1.54, 1.807) is 11.3 Å². The molecular weight excluding hydrogens is 270 g/mol. The van der Waals surface area contributed by atoms with E-state index in [2.05, 4.69) is 10.6 Å². The Hall–Kier alpha value is -1.85. The minimum absolute atomic E-state index is 0.0159. The van der Waals surface area contributed by atoms with Crippen molar-refractivity contribution in [2.45, 2.75) is 25.9 Å². The van der Waals surface area contributed by atoms with Crippen molar-refractivity contribution in [3.05, 3.63) is 52.2 Å². The van der Waals surface area contributed by atoms with Gasteiger partial charge in [0.25, 0.3) is 0 Å². The number of thiophene rings is 1. The summed E-state index contributed by atoms with van der Waals surface area (Å²) in [7, 11) is 0. The fourth-order valence-corrected chi connectivity index (χ4v) is 2.62. The van der Waals surface area contributed by atoms with Crippen molar-refractivity contribution in [2.75, 3.05) is 5.32 Å². The number of nitrogens with two attached hydrogens (primary N) is 1. The molecule has 1 aromatic heterocycles. The molecular formula is C15H19N3OS. The highest BCUT2D eigenvalue weighted by Crippen LogP contribution is 2.17. The Kier molecular flexibility index (Phi) is 4.76. The van der Waals surface area contributed by atoms with Crippen molar-refractivity contribution in [2.24, 2.45) is 5.73 Å². The zero-order chi connectivity index (χ0) is 14.5. The van der Waals surface area contributed by atoms with Crippen LogP contribution in [0.5, 0.6) is 0 Å². The van der Waals surface area contributed by atoms with E-state index in [-0.39, 0.29) is 18.1 Å². The second-order valence-corrected chi connectivity index (χ2v) is 5.57. The van der Waals surface area contributed by atoms with E-state index in [4.69, 9.17) is 5.73 Å². The summed E-state index contributed by atoms with van der Waals surface area (Å²) in [5, 5.41) is 9.76. The molecule has 0 fully saturated rings. The number of amides is 2. The lowest BCUT2D eigenvalue weighted by atomic mass is 10.1. The first-order chi connectivity index (χ1) is 9.56. The third-order valence-electron chi connectivity index (χ3n) is 3.06. The molecule has 106 valence electrons. The van der Waals surface area contributed by atoms with Gasteiger partial charge >= 0.3 is 6.03 Å². The molecule has 2 aromatic rings. The topological polar surface area (TPSA) is 67.1 Å². The molecule has 2 rings (SSSR count). The van der Waals surface area contributed by atoms with Gasteiger partial charge in [-0.2, -0.15) is 11.3 Å². The molecule has 5 heteroatoms. The summed E-state index contributed by atoms with van der Waals surface area (Å²) < 4.78 is 0. The van der Waals surface area contributed by atoms with Crippen molar-refractivity contribution >= 4 is 23.1 Å². The Bertz CT molecular complexity index is 566. The average molecular weight is 289 g/mol. The summed E-state index contributed by atoms with van der Waals surface area (Å²) in [4.78, 5) is 11.9. The Morgan fingerprint density at radius 1 is 1.25 bits per heavy atom. The Balaban J connectivity index is 1.96. The summed E-state index contributed by atoms with van der Waals surface area (Å²) >= 11 is 1.62. The molecule has 0 bridgehead atoms. The van der Waals surface area contributed by atoms with Crippen molar-refractivity contribution < 1.29 is 4.79 Å². The molecule has 0 spiro atoms. The van der Waals surface area contributed by atoms with E-state index in [1.807, 2.05) is 54.9 Å². The highest BCUT2D eigenvalue weighted by molar-refractivity contribution is 7.07. The van der Waals surface area contributed by atoms with E-state index in [0.717, 1.165) is 16.8 Å². The molecule has 0 aliphatic heterocycles. The second kappa shape index (κ2) is 6.54. The highest BCUT2D eigenvalue weighted by Gasteiger charge is 2.10. The molecule has 0 saturated heterocycles. The molecule has 4 nitrogen and oxygen atoms in total. The molecule has 0 radical (unpaired) electrons. The lowest BCUT2D eigenvalue weighted by Gasteiger charge is -2.14. The number of carbonyl (C=O) groups is 1. The van der Waals surface area contributed by atoms with Gasteiger partial charge in [0.2, 0.25) is 0 Å². The quantitative estimate of drug-likeness (QED) is 0.804. The van der Waals surface area contributed by atoms with Crippen LogP contribution in [-0.4, -0.2) is 6.03 Å². The van der Waals surface area contributed by atoms with Gasteiger partial charge in [-0.05, 0) is 53.9 Å². The minimum Gasteiger partial charge on any atom is -0.331 e. The summed E-state index contributed by atoms with van der Waals surface area (Å²) in [6.07, 6.45) is 0. The number of nitrogens with one attached hydrogen (secondary N) is 2. The zero-order valence-electron chi connectivity index (χ0n) is 11.6. The lowest BCUT2D eigenvalue weighted by Crippen LogP contribution is -2.31. The summed E-state index contributed by atoms with van der Waals surface area (Å²) in [6, 6.07) is 9.29. The first-order valence-electron chi connectivity index (χ1n) is 6.51. The predicted molar refractivity (Wildman–Crippen MR) is 83.9 cm³/mol. The molecule has 2 atom stereocenters. The molecule has 2 unspecified atom stereocenters. The first kappa shape index (κ1) is 14.6. The molecule has 0 aliphatic carbocycles. The second-order valence-electron chi connectivity index (χ2n) is 4.79. The van der Waals surface area contributed by atoms with Crippen molar-refractivity contribution in [3.63, 3.8) is 0 Å². The SMILES string of the molecule is CC(N)c1cccc(NC(=O)NC(C)c2ccsc2)c1. The Labute approximate surface area is 123 Å². The number of carbonyl (C=O) groups excluding carboxylic acids is 1. The highest BCUT2D eigenvalue weighted by atomic mass is 32.1. The molecule has 1 aromatic carbocycles. The molecule has 2 amide bonds. The maximum atomic E-state index is 11.9. The maximum Gasteiger partial charge on any atom is 0.319 e. The minimum atomic E-state index is -0.217. The zero-order valence-corrected chi connectivity index (χ0v) is 12.4. The van der Waals surface area contributed by atoms with Crippen LogP contribution in [0.25, 0.3) is 0 Å². The van der Waals surface area contributed by atoms with Gasteiger partial charge in [-0.1, -0.05) is 12.1 Å². The van der Waals surface area contributed by atoms with Crippen molar-refractivity contribution in [1.29, 1.82) is 0 Å². The number of benzene rings is 1. The average Bonchev–Trinajstić information content (AvgIpc) is 2.92. The van der Waals surface area contributed by atoms with E-state index in [0.29, 0.717) is 0 Å². The van der Waals surface area contributed by atoms with Crippen LogP contribution in [0, 0.1) is 0 Å². The predicted octanol–water partition coefficient (Wildman–Crippen LogP) is 3.65. The van der Waals surface area contributed by atoms with Crippen molar-refractivity contribution in [3.8, 4) is 0 Å². The lowest BCUT2D eigenvalue weighted by molar-refractivity contribution is 0.249. The van der Waals surface area contributed by atoms with E-state index in [1.165, 1.54) is 0 Å². The normalized spacial score (nSPS) is 13.6. The molecule has 20 heavy (non-hydrogen) atoms. The Morgan fingerprint density at radius 2 is 2.05 bits per heavy atom. The number of rotatable bonds is 4. The van der Waals surface area contributed by atoms with Gasteiger partial charge in [0.05, 0.1) is 6.04 Å². The monoisotopic (exact) mass is 289 g/mol. The van der Waals surface area contributed by atoms with Gasteiger partial charge in [0.1, 0.15) is 0 Å². The third kappa shape index (κ3) is 3.82. The van der Waals surface area contributed by atoms with Gasteiger partial charge in [-0.15, -0.1) is 0 Å². The van der Waals surface area contributed by atoms with Crippen LogP contribution in [0.3, 0.4) is 0 Å². The molecule has 4 N–H and O–H groups in total. The van der Waals surface area contributed by atoms with E-state index >= 15 is 0 Å². The maximum absolute atomic E-state index is 11.9. The van der Waals surface area contributed by atoms with Crippen LogP contribution in [0.1, 0.15) is 37.1 Å². The number of hydrogen-bond donors (Lipinski definition) is 3. The molecule has 0 aliphatic rings. The van der Waals surface area contributed by atoms with Crippen LogP contribution in [-0.2, 0) is 0 Å². The van der Waals surface area contributed by atoms with Crippen LogP contribution in [0.15, 0.2) is 41.1 Å². The summed E-state index contributed by atoms with van der Waals surface area (Å²) in [6.45, 7) is 3.87. The number of hydrogen-bond acceptors (Lipinski definition) is 3.